The molecular weight excluding hydrogens is 308 g/mol. The third-order valence-electron chi connectivity index (χ3n) is 10.2. The van der Waals surface area contributed by atoms with E-state index in [-0.39, 0.29) is 5.60 Å². The first kappa shape index (κ1) is 17.0. The molecule has 0 bridgehead atoms. The van der Waals surface area contributed by atoms with E-state index in [0.29, 0.717) is 11.3 Å². The van der Waals surface area contributed by atoms with Gasteiger partial charge in [0.2, 0.25) is 0 Å². The fourth-order valence-corrected chi connectivity index (χ4v) is 8.57. The predicted octanol–water partition coefficient (Wildman–Crippen LogP) is 5.04. The van der Waals surface area contributed by atoms with Crippen LogP contribution in [0.4, 0.5) is 0 Å². The van der Waals surface area contributed by atoms with Crippen molar-refractivity contribution in [2.75, 3.05) is 6.61 Å². The van der Waals surface area contributed by atoms with Crippen LogP contribution in [0, 0.1) is 46.8 Å². The van der Waals surface area contributed by atoms with Gasteiger partial charge in [-0.3, -0.25) is 0 Å². The van der Waals surface area contributed by atoms with Gasteiger partial charge in [-0.05, 0) is 112 Å². The Morgan fingerprint density at radius 2 is 1.68 bits per heavy atom. The zero-order valence-corrected chi connectivity index (χ0v) is 16.8. The van der Waals surface area contributed by atoms with Crippen LogP contribution in [0.15, 0.2) is 0 Å². The Labute approximate surface area is 154 Å². The molecule has 1 unspecified atom stereocenters. The van der Waals surface area contributed by atoms with Gasteiger partial charge in [0, 0.05) is 0 Å². The fraction of sp³-hybridized carbons (Fsp3) is 1.00. The summed E-state index contributed by atoms with van der Waals surface area (Å²) in [6, 6.07) is 0. The fourth-order valence-electron chi connectivity index (χ4n) is 8.57. The summed E-state index contributed by atoms with van der Waals surface area (Å²) in [7, 11) is 0. The first-order chi connectivity index (χ1) is 11.7. The van der Waals surface area contributed by atoms with Gasteiger partial charge in [-0.2, -0.15) is 0 Å². The molecule has 1 heterocycles. The molecule has 25 heavy (non-hydrogen) atoms. The Bertz CT molecular complexity index is 550. The molecule has 0 aromatic heterocycles. The van der Waals surface area contributed by atoms with Crippen molar-refractivity contribution in [2.45, 2.75) is 90.3 Å². The second-order valence-electron chi connectivity index (χ2n) is 11.4. The smallest absolute Gasteiger partial charge is 0.0921 e. The van der Waals surface area contributed by atoms with Crippen molar-refractivity contribution >= 4 is 0 Å². The molecule has 1 aliphatic heterocycles. The number of epoxide rings is 1. The van der Waals surface area contributed by atoms with Crippen LogP contribution in [-0.2, 0) is 4.74 Å². The molecule has 5 aliphatic rings. The molecule has 0 aromatic carbocycles. The zero-order chi connectivity index (χ0) is 17.6. The normalized spacial score (nSPS) is 63.5. The Morgan fingerprint density at radius 3 is 2.40 bits per heavy atom. The summed E-state index contributed by atoms with van der Waals surface area (Å²) in [6.07, 6.45) is 10.9. The number of rotatable bonds is 1. The lowest BCUT2D eigenvalue weighted by molar-refractivity contribution is -0.125. The van der Waals surface area contributed by atoms with Crippen molar-refractivity contribution in [2.24, 2.45) is 46.8 Å². The summed E-state index contributed by atoms with van der Waals surface area (Å²) in [5.74, 6) is 5.80. The van der Waals surface area contributed by atoms with Gasteiger partial charge in [0.05, 0.1) is 17.8 Å². The van der Waals surface area contributed by atoms with Gasteiger partial charge in [0.15, 0.2) is 0 Å². The van der Waals surface area contributed by atoms with Gasteiger partial charge in [-0.15, -0.1) is 0 Å². The number of aliphatic hydroxyl groups is 1. The lowest BCUT2D eigenvalue weighted by atomic mass is 9.47. The standard InChI is InChI=1S/C23H38O2/c1-14-11-18-15(12-22(14,3)24)5-6-17-16(18)9-10-21(2)19(17)7-8-20(21)23(4)13-25-23/h14-20,24H,5-13H2,1-4H3/t14-,15+,16-,17+,18-,19-,20-,21-,22-,23?/m0/s1. The molecule has 10 atom stereocenters. The van der Waals surface area contributed by atoms with Gasteiger partial charge in [0.25, 0.3) is 0 Å². The minimum absolute atomic E-state index is 0.214. The van der Waals surface area contributed by atoms with E-state index in [1.54, 1.807) is 0 Å². The summed E-state index contributed by atoms with van der Waals surface area (Å²) in [5.41, 5.74) is 0.324. The van der Waals surface area contributed by atoms with Crippen LogP contribution in [0.5, 0.6) is 0 Å². The van der Waals surface area contributed by atoms with Gasteiger partial charge in [-0.1, -0.05) is 13.8 Å². The highest BCUT2D eigenvalue weighted by Crippen LogP contribution is 2.67. The van der Waals surface area contributed by atoms with Crippen molar-refractivity contribution in [1.29, 1.82) is 0 Å². The Morgan fingerprint density at radius 1 is 0.920 bits per heavy atom. The topological polar surface area (TPSA) is 32.8 Å². The third kappa shape index (κ3) is 2.35. The molecule has 0 spiro atoms. The molecular formula is C23H38O2. The molecule has 0 amide bonds. The molecule has 5 rings (SSSR count). The van der Waals surface area contributed by atoms with Gasteiger partial charge >= 0.3 is 0 Å². The third-order valence-corrected chi connectivity index (χ3v) is 10.2. The van der Waals surface area contributed by atoms with Gasteiger partial charge in [-0.25, -0.2) is 0 Å². The molecule has 1 saturated heterocycles. The van der Waals surface area contributed by atoms with Crippen molar-refractivity contribution in [3.05, 3.63) is 0 Å². The molecule has 2 nitrogen and oxygen atoms in total. The number of fused-ring (bicyclic) bond motifs is 5. The average molecular weight is 347 g/mol. The second-order valence-corrected chi connectivity index (χ2v) is 11.4. The maximum atomic E-state index is 10.8. The molecule has 0 radical (unpaired) electrons. The maximum absolute atomic E-state index is 10.8. The first-order valence-corrected chi connectivity index (χ1v) is 11.1. The molecule has 0 aromatic rings. The number of hydrogen-bond donors (Lipinski definition) is 1. The first-order valence-electron chi connectivity index (χ1n) is 11.1. The molecule has 5 fully saturated rings. The lowest BCUT2D eigenvalue weighted by Gasteiger charge is -2.58. The minimum atomic E-state index is -0.423. The van der Waals surface area contributed by atoms with Crippen LogP contribution in [-0.4, -0.2) is 22.9 Å². The summed E-state index contributed by atoms with van der Waals surface area (Å²) < 4.78 is 5.93. The quantitative estimate of drug-likeness (QED) is 0.675. The highest BCUT2D eigenvalue weighted by Gasteiger charge is 2.64. The van der Waals surface area contributed by atoms with E-state index in [0.717, 1.165) is 48.5 Å². The Hall–Kier alpha value is -0.0800. The number of hydrogen-bond acceptors (Lipinski definition) is 2. The predicted molar refractivity (Wildman–Crippen MR) is 100 cm³/mol. The second kappa shape index (κ2) is 5.25. The summed E-state index contributed by atoms with van der Waals surface area (Å²) in [6.45, 7) is 10.4. The SMILES string of the molecule is C[C@H]1C[C@H]2[C@H](CC[C@@H]3[C@@H]2CC[C@]2(C)[C@@H](C4(C)CO4)CC[C@@H]32)C[C@]1(C)O. The monoisotopic (exact) mass is 346 g/mol. The minimum Gasteiger partial charge on any atom is -0.390 e. The average Bonchev–Trinajstić information content (AvgIpc) is 3.17. The number of ether oxygens (including phenoxy) is 1. The molecule has 4 saturated carbocycles. The summed E-state index contributed by atoms with van der Waals surface area (Å²) >= 11 is 0. The molecule has 4 aliphatic carbocycles. The van der Waals surface area contributed by atoms with Crippen molar-refractivity contribution in [3.8, 4) is 0 Å². The lowest BCUT2D eigenvalue weighted by Crippen LogP contribution is -2.53. The van der Waals surface area contributed by atoms with E-state index < -0.39 is 5.60 Å². The maximum Gasteiger partial charge on any atom is 0.0921 e. The van der Waals surface area contributed by atoms with Crippen LogP contribution >= 0.6 is 0 Å². The van der Waals surface area contributed by atoms with E-state index >= 15 is 0 Å². The van der Waals surface area contributed by atoms with Gasteiger partial charge < -0.3 is 9.84 Å². The Kier molecular flexibility index (Phi) is 3.58. The summed E-state index contributed by atoms with van der Waals surface area (Å²) in [5, 5.41) is 10.8. The summed E-state index contributed by atoms with van der Waals surface area (Å²) in [4.78, 5) is 0. The Balaban J connectivity index is 1.39. The van der Waals surface area contributed by atoms with Crippen LogP contribution < -0.4 is 0 Å². The van der Waals surface area contributed by atoms with Crippen molar-refractivity contribution < 1.29 is 9.84 Å². The van der Waals surface area contributed by atoms with Crippen LogP contribution in [0.25, 0.3) is 0 Å². The van der Waals surface area contributed by atoms with Gasteiger partial charge in [0.1, 0.15) is 0 Å². The van der Waals surface area contributed by atoms with E-state index in [1.165, 1.54) is 44.9 Å². The highest BCUT2D eigenvalue weighted by molar-refractivity contribution is 5.12. The van der Waals surface area contributed by atoms with Crippen molar-refractivity contribution in [1.82, 2.24) is 0 Å². The van der Waals surface area contributed by atoms with E-state index in [1.807, 2.05) is 0 Å². The largest absolute Gasteiger partial charge is 0.390 e. The molecule has 142 valence electrons. The van der Waals surface area contributed by atoms with E-state index in [9.17, 15) is 5.11 Å². The van der Waals surface area contributed by atoms with Crippen LogP contribution in [0.1, 0.15) is 79.1 Å². The molecule has 1 N–H and O–H groups in total. The highest BCUT2D eigenvalue weighted by atomic mass is 16.6. The van der Waals surface area contributed by atoms with Crippen LogP contribution in [0.2, 0.25) is 0 Å². The van der Waals surface area contributed by atoms with E-state index in [2.05, 4.69) is 27.7 Å². The van der Waals surface area contributed by atoms with Crippen LogP contribution in [0.3, 0.4) is 0 Å². The molecule has 2 heteroatoms. The van der Waals surface area contributed by atoms with E-state index in [4.69, 9.17) is 4.74 Å². The zero-order valence-electron chi connectivity index (χ0n) is 16.8. The van der Waals surface area contributed by atoms with Crippen molar-refractivity contribution in [3.63, 3.8) is 0 Å².